The highest BCUT2D eigenvalue weighted by Crippen LogP contribution is 2.35. The lowest BCUT2D eigenvalue weighted by atomic mass is 9.74. The topological polar surface area (TPSA) is 35.9 Å². The van der Waals surface area contributed by atoms with Gasteiger partial charge in [0.25, 0.3) is 0 Å². The second kappa shape index (κ2) is 6.33. The number of aliphatic hydroxyl groups is 1. The van der Waals surface area contributed by atoms with Crippen molar-refractivity contribution in [2.75, 3.05) is 59.1 Å². The van der Waals surface area contributed by atoms with Gasteiger partial charge in [-0.05, 0) is 24.3 Å². The minimum absolute atomic E-state index is 0.296. The highest BCUT2D eigenvalue weighted by Gasteiger charge is 2.34. The van der Waals surface area contributed by atoms with Crippen LogP contribution >= 0.6 is 0 Å². The Bertz CT molecular complexity index is 252. The molecule has 4 heteroatoms. The van der Waals surface area contributed by atoms with Crippen LogP contribution in [0.25, 0.3) is 0 Å². The second-order valence-electron chi connectivity index (χ2n) is 6.37. The van der Waals surface area contributed by atoms with Gasteiger partial charge in [0.1, 0.15) is 0 Å². The summed E-state index contributed by atoms with van der Waals surface area (Å²) in [5.74, 6) is 0.427. The maximum atomic E-state index is 9.51. The summed E-state index contributed by atoms with van der Waals surface area (Å²) >= 11 is 0. The number of morpholine rings is 1. The number of hydrogen-bond acceptors (Lipinski definition) is 4. The molecule has 0 aromatic heterocycles. The van der Waals surface area contributed by atoms with Gasteiger partial charge in [-0.3, -0.25) is 4.90 Å². The SMILES string of the molecule is CC1(C)CCN(CCN2CCOCC2)CC1CO. The Morgan fingerprint density at radius 1 is 1.11 bits per heavy atom. The fraction of sp³-hybridized carbons (Fsp3) is 1.00. The molecule has 2 aliphatic rings. The Balaban J connectivity index is 1.73. The van der Waals surface area contributed by atoms with E-state index >= 15 is 0 Å². The molecular weight excluding hydrogens is 228 g/mol. The molecular formula is C14H28N2O2. The molecule has 2 rings (SSSR count). The average Bonchev–Trinajstić information content (AvgIpc) is 2.38. The monoisotopic (exact) mass is 256 g/mol. The number of ether oxygens (including phenoxy) is 1. The first-order valence-electron chi connectivity index (χ1n) is 7.25. The molecule has 0 aliphatic carbocycles. The van der Waals surface area contributed by atoms with E-state index in [0.29, 0.717) is 17.9 Å². The number of nitrogens with zero attached hydrogens (tertiary/aromatic N) is 2. The zero-order valence-electron chi connectivity index (χ0n) is 11.9. The first kappa shape index (κ1) is 14.3. The second-order valence-corrected chi connectivity index (χ2v) is 6.37. The van der Waals surface area contributed by atoms with Gasteiger partial charge < -0.3 is 14.7 Å². The number of hydrogen-bond donors (Lipinski definition) is 1. The molecule has 2 aliphatic heterocycles. The number of likely N-dealkylation sites (tertiary alicyclic amines) is 1. The molecule has 106 valence electrons. The van der Waals surface area contributed by atoms with Gasteiger partial charge in [-0.15, -0.1) is 0 Å². The summed E-state index contributed by atoms with van der Waals surface area (Å²) in [6, 6.07) is 0. The summed E-state index contributed by atoms with van der Waals surface area (Å²) in [5, 5.41) is 9.51. The van der Waals surface area contributed by atoms with E-state index in [9.17, 15) is 5.11 Å². The average molecular weight is 256 g/mol. The van der Waals surface area contributed by atoms with Gasteiger partial charge in [0.15, 0.2) is 0 Å². The molecule has 4 nitrogen and oxygen atoms in total. The van der Waals surface area contributed by atoms with Crippen LogP contribution in [0.3, 0.4) is 0 Å². The molecule has 18 heavy (non-hydrogen) atoms. The Morgan fingerprint density at radius 2 is 1.78 bits per heavy atom. The Hall–Kier alpha value is -0.160. The van der Waals surface area contributed by atoms with E-state index in [2.05, 4.69) is 23.6 Å². The van der Waals surface area contributed by atoms with E-state index in [1.807, 2.05) is 0 Å². The van der Waals surface area contributed by atoms with Gasteiger partial charge in [-0.1, -0.05) is 13.8 Å². The van der Waals surface area contributed by atoms with Gasteiger partial charge in [0.2, 0.25) is 0 Å². The third-order valence-corrected chi connectivity index (χ3v) is 4.71. The van der Waals surface area contributed by atoms with Crippen molar-refractivity contribution in [3.8, 4) is 0 Å². The van der Waals surface area contributed by atoms with Crippen LogP contribution in [0.1, 0.15) is 20.3 Å². The highest BCUT2D eigenvalue weighted by atomic mass is 16.5. The molecule has 0 radical (unpaired) electrons. The molecule has 1 N–H and O–H groups in total. The van der Waals surface area contributed by atoms with E-state index in [-0.39, 0.29) is 0 Å². The molecule has 2 heterocycles. The minimum Gasteiger partial charge on any atom is -0.396 e. The predicted octanol–water partition coefficient (Wildman–Crippen LogP) is 0.659. The summed E-state index contributed by atoms with van der Waals surface area (Å²) in [5.41, 5.74) is 0.296. The summed E-state index contributed by atoms with van der Waals surface area (Å²) in [6.07, 6.45) is 1.20. The van der Waals surface area contributed by atoms with E-state index in [0.717, 1.165) is 45.9 Å². The van der Waals surface area contributed by atoms with Crippen molar-refractivity contribution in [2.45, 2.75) is 20.3 Å². The fourth-order valence-electron chi connectivity index (χ4n) is 2.92. The van der Waals surface area contributed by atoms with Crippen LogP contribution < -0.4 is 0 Å². The lowest BCUT2D eigenvalue weighted by Gasteiger charge is -2.43. The smallest absolute Gasteiger partial charge is 0.0594 e. The van der Waals surface area contributed by atoms with Crippen molar-refractivity contribution in [2.24, 2.45) is 11.3 Å². The molecule has 2 saturated heterocycles. The van der Waals surface area contributed by atoms with Crippen molar-refractivity contribution in [1.29, 1.82) is 0 Å². The van der Waals surface area contributed by atoms with Gasteiger partial charge >= 0.3 is 0 Å². The van der Waals surface area contributed by atoms with Crippen molar-refractivity contribution in [3.63, 3.8) is 0 Å². The van der Waals surface area contributed by atoms with Crippen LogP contribution in [0.2, 0.25) is 0 Å². The normalized spacial score (nSPS) is 30.5. The quantitative estimate of drug-likeness (QED) is 0.801. The zero-order chi connectivity index (χ0) is 13.0. The third kappa shape index (κ3) is 3.67. The van der Waals surface area contributed by atoms with Crippen LogP contribution in [-0.2, 0) is 4.74 Å². The lowest BCUT2D eigenvalue weighted by molar-refractivity contribution is 0.00613. The van der Waals surface area contributed by atoms with E-state index in [1.165, 1.54) is 13.0 Å². The fourth-order valence-corrected chi connectivity index (χ4v) is 2.92. The van der Waals surface area contributed by atoms with Gasteiger partial charge in [0.05, 0.1) is 13.2 Å². The summed E-state index contributed by atoms with van der Waals surface area (Å²) < 4.78 is 5.36. The van der Waals surface area contributed by atoms with Crippen LogP contribution in [0, 0.1) is 11.3 Å². The van der Waals surface area contributed by atoms with Crippen LogP contribution in [-0.4, -0.2) is 74.0 Å². The molecule has 0 spiro atoms. The highest BCUT2D eigenvalue weighted by molar-refractivity contribution is 4.86. The Kier molecular flexibility index (Phi) is 5.01. The van der Waals surface area contributed by atoms with Crippen LogP contribution in [0.5, 0.6) is 0 Å². The largest absolute Gasteiger partial charge is 0.396 e. The zero-order valence-corrected chi connectivity index (χ0v) is 11.9. The number of rotatable bonds is 4. The maximum absolute atomic E-state index is 9.51. The van der Waals surface area contributed by atoms with Gasteiger partial charge in [-0.2, -0.15) is 0 Å². The third-order valence-electron chi connectivity index (χ3n) is 4.71. The van der Waals surface area contributed by atoms with Crippen LogP contribution in [0.4, 0.5) is 0 Å². The van der Waals surface area contributed by atoms with Crippen molar-refractivity contribution < 1.29 is 9.84 Å². The number of piperidine rings is 1. The van der Waals surface area contributed by atoms with Crippen molar-refractivity contribution in [1.82, 2.24) is 9.80 Å². The molecule has 0 bridgehead atoms. The molecule has 2 fully saturated rings. The summed E-state index contributed by atoms with van der Waals surface area (Å²) in [6.45, 7) is 13.3. The summed E-state index contributed by atoms with van der Waals surface area (Å²) in [7, 11) is 0. The lowest BCUT2D eigenvalue weighted by Crippen LogP contribution is -2.49. The molecule has 1 unspecified atom stereocenters. The molecule has 0 amide bonds. The maximum Gasteiger partial charge on any atom is 0.0594 e. The summed E-state index contributed by atoms with van der Waals surface area (Å²) in [4.78, 5) is 5.00. The molecule has 0 aromatic rings. The van der Waals surface area contributed by atoms with Crippen LogP contribution in [0.15, 0.2) is 0 Å². The molecule has 0 saturated carbocycles. The predicted molar refractivity (Wildman–Crippen MR) is 72.7 cm³/mol. The van der Waals surface area contributed by atoms with E-state index in [4.69, 9.17) is 4.74 Å². The Labute approximate surface area is 111 Å². The molecule has 1 atom stereocenters. The first-order chi connectivity index (χ1) is 8.62. The first-order valence-corrected chi connectivity index (χ1v) is 7.25. The molecule has 0 aromatic carbocycles. The van der Waals surface area contributed by atoms with Gasteiger partial charge in [-0.25, -0.2) is 0 Å². The standard InChI is InChI=1S/C14H28N2O2/c1-14(2)3-4-16(11-13(14)12-17)6-5-15-7-9-18-10-8-15/h13,17H,3-12H2,1-2H3. The van der Waals surface area contributed by atoms with Crippen molar-refractivity contribution >= 4 is 0 Å². The minimum atomic E-state index is 0.296. The van der Waals surface area contributed by atoms with Crippen molar-refractivity contribution in [3.05, 3.63) is 0 Å². The van der Waals surface area contributed by atoms with E-state index < -0.39 is 0 Å². The van der Waals surface area contributed by atoms with Gasteiger partial charge in [0, 0.05) is 39.3 Å². The Morgan fingerprint density at radius 3 is 2.44 bits per heavy atom. The number of aliphatic hydroxyl groups excluding tert-OH is 1. The van der Waals surface area contributed by atoms with E-state index in [1.54, 1.807) is 0 Å².